The molecule has 1 aliphatic heterocycles. The molecule has 32 heavy (non-hydrogen) atoms. The summed E-state index contributed by atoms with van der Waals surface area (Å²) in [4.78, 5) is 27.2. The molecule has 1 atom stereocenters. The molecule has 8 nitrogen and oxygen atoms in total. The molecule has 3 amide bonds. The second-order valence-corrected chi connectivity index (χ2v) is 8.67. The fourth-order valence-electron chi connectivity index (χ4n) is 3.65. The minimum absolute atomic E-state index is 0.0531. The number of urea groups is 1. The lowest BCUT2D eigenvalue weighted by Gasteiger charge is -2.31. The van der Waals surface area contributed by atoms with Gasteiger partial charge in [-0.2, -0.15) is 0 Å². The first-order valence-electron chi connectivity index (χ1n) is 10.4. The summed E-state index contributed by atoms with van der Waals surface area (Å²) in [5.74, 6) is 0.466. The Kier molecular flexibility index (Phi) is 6.65. The highest BCUT2D eigenvalue weighted by Gasteiger charge is 2.28. The third kappa shape index (κ3) is 5.05. The standard InChI is InChI=1S/C23H25N5O3S/c1-15-7-3-4-11-19(15)25-20(29)22-27-26-21(32-22)16-8-6-12-28(14-16)23(30)24-17-9-5-10-18(13-17)31-2/h3-5,7,9-11,13,16H,6,8,12,14H2,1-2H3,(H,24,30)(H,25,29)/t16-/m1/s1. The molecule has 0 radical (unpaired) electrons. The first kappa shape index (κ1) is 21.8. The van der Waals surface area contributed by atoms with Gasteiger partial charge in [0.1, 0.15) is 10.8 Å². The number of anilines is 2. The number of para-hydroxylation sites is 1. The van der Waals surface area contributed by atoms with E-state index in [0.717, 1.165) is 29.1 Å². The van der Waals surface area contributed by atoms with E-state index in [1.54, 1.807) is 18.1 Å². The first-order chi connectivity index (χ1) is 15.5. The summed E-state index contributed by atoms with van der Waals surface area (Å²) in [7, 11) is 1.59. The number of ether oxygens (including phenoxy) is 1. The Morgan fingerprint density at radius 2 is 1.97 bits per heavy atom. The second-order valence-electron chi connectivity index (χ2n) is 7.66. The molecule has 1 fully saturated rings. The van der Waals surface area contributed by atoms with Crippen molar-refractivity contribution in [3.63, 3.8) is 0 Å². The number of aryl methyl sites for hydroxylation is 1. The predicted octanol–water partition coefficient (Wildman–Crippen LogP) is 4.52. The molecule has 2 aromatic carbocycles. The van der Waals surface area contributed by atoms with Crippen LogP contribution in [0.25, 0.3) is 0 Å². The lowest BCUT2D eigenvalue weighted by molar-refractivity contribution is 0.102. The molecule has 1 saturated heterocycles. The molecule has 4 rings (SSSR count). The van der Waals surface area contributed by atoms with Crippen molar-refractivity contribution < 1.29 is 14.3 Å². The number of piperidine rings is 1. The Morgan fingerprint density at radius 1 is 1.12 bits per heavy atom. The van der Waals surface area contributed by atoms with Crippen LogP contribution in [0, 0.1) is 6.92 Å². The fourth-order valence-corrected chi connectivity index (χ4v) is 4.51. The number of carbonyl (C=O) groups is 2. The monoisotopic (exact) mass is 451 g/mol. The summed E-state index contributed by atoms with van der Waals surface area (Å²) in [6.45, 7) is 3.14. The van der Waals surface area contributed by atoms with Gasteiger partial charge < -0.3 is 20.3 Å². The van der Waals surface area contributed by atoms with Crippen LogP contribution in [0.5, 0.6) is 5.75 Å². The molecule has 0 bridgehead atoms. The lowest BCUT2D eigenvalue weighted by atomic mass is 9.99. The molecule has 2 heterocycles. The summed E-state index contributed by atoms with van der Waals surface area (Å²) in [6.07, 6.45) is 1.76. The van der Waals surface area contributed by atoms with Crippen LogP contribution in [0.2, 0.25) is 0 Å². The summed E-state index contributed by atoms with van der Waals surface area (Å²) in [5.41, 5.74) is 2.42. The number of aromatic nitrogens is 2. The molecule has 166 valence electrons. The van der Waals surface area contributed by atoms with Crippen LogP contribution in [0.1, 0.15) is 39.1 Å². The van der Waals surface area contributed by atoms with Crippen molar-refractivity contribution in [2.75, 3.05) is 30.8 Å². The quantitative estimate of drug-likeness (QED) is 0.595. The van der Waals surface area contributed by atoms with Crippen molar-refractivity contribution in [3.8, 4) is 5.75 Å². The molecule has 3 aromatic rings. The van der Waals surface area contributed by atoms with Crippen LogP contribution < -0.4 is 15.4 Å². The zero-order valence-electron chi connectivity index (χ0n) is 18.0. The zero-order chi connectivity index (χ0) is 22.5. The molecular formula is C23H25N5O3S. The fraction of sp³-hybridized carbons (Fsp3) is 0.304. The molecule has 1 aromatic heterocycles. The Balaban J connectivity index is 1.39. The highest BCUT2D eigenvalue weighted by Crippen LogP contribution is 2.30. The molecule has 9 heteroatoms. The minimum atomic E-state index is -0.272. The highest BCUT2D eigenvalue weighted by molar-refractivity contribution is 7.13. The number of amides is 3. The molecule has 0 spiro atoms. The van der Waals surface area contributed by atoms with Gasteiger partial charge in [0.15, 0.2) is 0 Å². The maximum atomic E-state index is 12.8. The van der Waals surface area contributed by atoms with Gasteiger partial charge in [-0.15, -0.1) is 10.2 Å². The number of likely N-dealkylation sites (tertiary alicyclic amines) is 1. The molecule has 1 aliphatic rings. The third-order valence-electron chi connectivity index (χ3n) is 5.41. The van der Waals surface area contributed by atoms with E-state index in [4.69, 9.17) is 4.74 Å². The number of nitrogens with zero attached hydrogens (tertiary/aromatic N) is 3. The van der Waals surface area contributed by atoms with E-state index in [-0.39, 0.29) is 17.9 Å². The van der Waals surface area contributed by atoms with Crippen molar-refractivity contribution in [3.05, 3.63) is 64.1 Å². The van der Waals surface area contributed by atoms with E-state index in [2.05, 4.69) is 20.8 Å². The van der Waals surface area contributed by atoms with Gasteiger partial charge in [-0.3, -0.25) is 4.79 Å². The van der Waals surface area contributed by atoms with Crippen molar-refractivity contribution in [1.29, 1.82) is 0 Å². The van der Waals surface area contributed by atoms with Crippen LogP contribution in [0.15, 0.2) is 48.5 Å². The Hall–Kier alpha value is -3.46. The number of methoxy groups -OCH3 is 1. The summed E-state index contributed by atoms with van der Waals surface area (Å²) in [6, 6.07) is 14.7. The topological polar surface area (TPSA) is 96.4 Å². The van der Waals surface area contributed by atoms with Gasteiger partial charge in [-0.1, -0.05) is 35.6 Å². The van der Waals surface area contributed by atoms with Crippen LogP contribution in [-0.4, -0.2) is 47.2 Å². The number of benzene rings is 2. The number of hydrogen-bond acceptors (Lipinski definition) is 6. The SMILES string of the molecule is COc1cccc(NC(=O)N2CCC[C@@H](c3nnc(C(=O)Nc4ccccc4C)s3)C2)c1. The number of hydrogen-bond donors (Lipinski definition) is 2. The first-order valence-corrected chi connectivity index (χ1v) is 11.3. The Morgan fingerprint density at radius 3 is 2.78 bits per heavy atom. The highest BCUT2D eigenvalue weighted by atomic mass is 32.1. The summed E-state index contributed by atoms with van der Waals surface area (Å²) >= 11 is 1.29. The maximum absolute atomic E-state index is 12.8. The van der Waals surface area contributed by atoms with E-state index >= 15 is 0 Å². The second kappa shape index (κ2) is 9.78. The maximum Gasteiger partial charge on any atom is 0.321 e. The normalized spacial score (nSPS) is 15.8. The van der Waals surface area contributed by atoms with Crippen molar-refractivity contribution in [2.24, 2.45) is 0 Å². The van der Waals surface area contributed by atoms with Crippen molar-refractivity contribution in [1.82, 2.24) is 15.1 Å². The van der Waals surface area contributed by atoms with Gasteiger partial charge in [-0.25, -0.2) is 4.79 Å². The van der Waals surface area contributed by atoms with E-state index in [9.17, 15) is 9.59 Å². The molecule has 2 N–H and O–H groups in total. The van der Waals surface area contributed by atoms with Crippen LogP contribution in [0.3, 0.4) is 0 Å². The van der Waals surface area contributed by atoms with Gasteiger partial charge in [0.05, 0.1) is 7.11 Å². The van der Waals surface area contributed by atoms with Gasteiger partial charge in [-0.05, 0) is 43.5 Å². The lowest BCUT2D eigenvalue weighted by Crippen LogP contribution is -2.41. The number of rotatable bonds is 5. The summed E-state index contributed by atoms with van der Waals surface area (Å²) in [5, 5.41) is 15.3. The van der Waals surface area contributed by atoms with Gasteiger partial charge in [0, 0.05) is 36.4 Å². The van der Waals surface area contributed by atoms with Gasteiger partial charge in [0.2, 0.25) is 5.01 Å². The number of nitrogens with one attached hydrogen (secondary N) is 2. The van der Waals surface area contributed by atoms with Gasteiger partial charge >= 0.3 is 6.03 Å². The van der Waals surface area contributed by atoms with E-state index in [0.29, 0.717) is 29.5 Å². The summed E-state index contributed by atoms with van der Waals surface area (Å²) < 4.78 is 5.21. The van der Waals surface area contributed by atoms with Crippen LogP contribution in [0.4, 0.5) is 16.2 Å². The molecule has 0 aliphatic carbocycles. The third-order valence-corrected chi connectivity index (χ3v) is 6.49. The minimum Gasteiger partial charge on any atom is -0.497 e. The predicted molar refractivity (Wildman–Crippen MR) is 125 cm³/mol. The van der Waals surface area contributed by atoms with Crippen LogP contribution >= 0.6 is 11.3 Å². The smallest absolute Gasteiger partial charge is 0.321 e. The number of carbonyl (C=O) groups excluding carboxylic acids is 2. The largest absolute Gasteiger partial charge is 0.497 e. The van der Waals surface area contributed by atoms with Crippen molar-refractivity contribution >= 4 is 34.6 Å². The molecule has 0 saturated carbocycles. The van der Waals surface area contributed by atoms with Crippen molar-refractivity contribution in [2.45, 2.75) is 25.7 Å². The molecular weight excluding hydrogens is 426 g/mol. The Bertz CT molecular complexity index is 1120. The van der Waals surface area contributed by atoms with E-state index < -0.39 is 0 Å². The average Bonchev–Trinajstić information content (AvgIpc) is 3.31. The average molecular weight is 452 g/mol. The van der Waals surface area contributed by atoms with Crippen LogP contribution in [-0.2, 0) is 0 Å². The van der Waals surface area contributed by atoms with E-state index in [1.807, 2.05) is 49.4 Å². The van der Waals surface area contributed by atoms with Gasteiger partial charge in [0.25, 0.3) is 5.91 Å². The Labute approximate surface area is 190 Å². The molecule has 0 unspecified atom stereocenters. The van der Waals surface area contributed by atoms with E-state index in [1.165, 1.54) is 11.3 Å². The zero-order valence-corrected chi connectivity index (χ0v) is 18.8.